The zero-order valence-electron chi connectivity index (χ0n) is 17.1. The lowest BCUT2D eigenvalue weighted by Gasteiger charge is -2.14. The summed E-state index contributed by atoms with van der Waals surface area (Å²) in [4.78, 5) is 10.7. The zero-order chi connectivity index (χ0) is 23.5. The van der Waals surface area contributed by atoms with Crippen LogP contribution in [0.3, 0.4) is 0 Å². The summed E-state index contributed by atoms with van der Waals surface area (Å²) in [5.41, 5.74) is 0.828. The van der Waals surface area contributed by atoms with Crippen molar-refractivity contribution >= 4 is 37.4 Å². The number of methoxy groups -OCH3 is 1. The molecule has 0 saturated heterocycles. The molecule has 0 aliphatic carbocycles. The fourth-order valence-corrected chi connectivity index (χ4v) is 4.94. The number of carboxylic acid groups (broad SMARTS) is 1. The SMILES string of the molecule is COc1ccc(NS(=O)(=O)c2ccc(C)c(NS(=O)(=O)c3ccc(C(=O)O)cc3)c2)cc1. The lowest BCUT2D eigenvalue weighted by molar-refractivity contribution is 0.0696. The van der Waals surface area contributed by atoms with Crippen LogP contribution < -0.4 is 14.2 Å². The molecule has 0 unspecified atom stereocenters. The summed E-state index contributed by atoms with van der Waals surface area (Å²) < 4.78 is 60.8. The van der Waals surface area contributed by atoms with E-state index in [0.717, 1.165) is 12.1 Å². The Labute approximate surface area is 185 Å². The highest BCUT2D eigenvalue weighted by molar-refractivity contribution is 7.93. The molecule has 0 spiro atoms. The van der Waals surface area contributed by atoms with Crippen LogP contribution in [0.15, 0.2) is 76.5 Å². The van der Waals surface area contributed by atoms with Crippen molar-refractivity contribution in [1.29, 1.82) is 0 Å². The van der Waals surface area contributed by atoms with Gasteiger partial charge in [-0.2, -0.15) is 0 Å². The van der Waals surface area contributed by atoms with Crippen LogP contribution in [0.4, 0.5) is 11.4 Å². The first-order valence-electron chi connectivity index (χ1n) is 9.15. The van der Waals surface area contributed by atoms with Crippen LogP contribution in [0.25, 0.3) is 0 Å². The lowest BCUT2D eigenvalue weighted by atomic mass is 10.2. The molecule has 0 heterocycles. The fraction of sp³-hybridized carbons (Fsp3) is 0.0952. The summed E-state index contributed by atoms with van der Waals surface area (Å²) in [5.74, 6) is -0.614. The number of sulfonamides is 2. The van der Waals surface area contributed by atoms with Gasteiger partial charge in [-0.15, -0.1) is 0 Å². The van der Waals surface area contributed by atoms with Crippen LogP contribution in [-0.2, 0) is 20.0 Å². The first kappa shape index (κ1) is 23.1. The van der Waals surface area contributed by atoms with Gasteiger partial charge < -0.3 is 9.84 Å². The minimum absolute atomic E-state index is 0.0576. The van der Waals surface area contributed by atoms with E-state index in [0.29, 0.717) is 17.0 Å². The van der Waals surface area contributed by atoms with Gasteiger partial charge in [-0.1, -0.05) is 6.07 Å². The van der Waals surface area contributed by atoms with Gasteiger partial charge in [0.15, 0.2) is 0 Å². The summed E-state index contributed by atoms with van der Waals surface area (Å²) in [6.45, 7) is 1.62. The Bertz CT molecular complexity index is 1350. The van der Waals surface area contributed by atoms with Crippen molar-refractivity contribution in [2.45, 2.75) is 16.7 Å². The number of aromatic carboxylic acids is 1. The first-order chi connectivity index (χ1) is 15.0. The molecule has 0 aromatic heterocycles. The lowest BCUT2D eigenvalue weighted by Crippen LogP contribution is -2.16. The van der Waals surface area contributed by atoms with E-state index in [2.05, 4.69) is 9.44 Å². The molecule has 0 fully saturated rings. The minimum Gasteiger partial charge on any atom is -0.497 e. The van der Waals surface area contributed by atoms with E-state index in [-0.39, 0.29) is 21.0 Å². The fourth-order valence-electron chi connectivity index (χ4n) is 2.73. The van der Waals surface area contributed by atoms with Gasteiger partial charge in [0.05, 0.1) is 28.2 Å². The van der Waals surface area contributed by atoms with Gasteiger partial charge >= 0.3 is 5.97 Å². The van der Waals surface area contributed by atoms with E-state index < -0.39 is 26.0 Å². The second kappa shape index (κ2) is 8.89. The monoisotopic (exact) mass is 476 g/mol. The first-order valence-corrected chi connectivity index (χ1v) is 12.1. The van der Waals surface area contributed by atoms with Crippen molar-refractivity contribution in [3.05, 3.63) is 77.9 Å². The molecule has 0 aliphatic rings. The van der Waals surface area contributed by atoms with Crippen molar-refractivity contribution in [2.24, 2.45) is 0 Å². The Hall–Kier alpha value is -3.57. The van der Waals surface area contributed by atoms with Crippen LogP contribution in [0.5, 0.6) is 5.75 Å². The Balaban J connectivity index is 1.88. The number of carbonyl (C=O) groups is 1. The van der Waals surface area contributed by atoms with E-state index >= 15 is 0 Å². The number of carboxylic acids is 1. The highest BCUT2D eigenvalue weighted by Gasteiger charge is 2.20. The largest absolute Gasteiger partial charge is 0.497 e. The summed E-state index contributed by atoms with van der Waals surface area (Å²) in [6.07, 6.45) is 0. The summed E-state index contributed by atoms with van der Waals surface area (Å²) in [7, 11) is -6.58. The maximum atomic E-state index is 12.8. The van der Waals surface area contributed by atoms with Crippen molar-refractivity contribution in [3.8, 4) is 5.75 Å². The van der Waals surface area contributed by atoms with E-state index in [1.165, 1.54) is 49.6 Å². The molecule has 11 heteroatoms. The minimum atomic E-state index is -4.08. The van der Waals surface area contributed by atoms with E-state index in [1.807, 2.05) is 0 Å². The molecule has 3 rings (SSSR count). The van der Waals surface area contributed by atoms with Gasteiger partial charge in [0.1, 0.15) is 5.75 Å². The van der Waals surface area contributed by atoms with Crippen LogP contribution in [-0.4, -0.2) is 35.0 Å². The Morgan fingerprint density at radius 2 is 1.38 bits per heavy atom. The molecule has 9 nitrogen and oxygen atoms in total. The quantitative estimate of drug-likeness (QED) is 0.453. The van der Waals surface area contributed by atoms with Crippen LogP contribution in [0.1, 0.15) is 15.9 Å². The average Bonchev–Trinajstić information content (AvgIpc) is 2.75. The molecule has 3 aromatic carbocycles. The zero-order valence-corrected chi connectivity index (χ0v) is 18.7. The smallest absolute Gasteiger partial charge is 0.335 e. The normalized spacial score (nSPS) is 11.6. The molecule has 0 aliphatic heterocycles. The Morgan fingerprint density at radius 1 is 0.812 bits per heavy atom. The number of hydrogen-bond acceptors (Lipinski definition) is 6. The number of hydrogen-bond donors (Lipinski definition) is 3. The van der Waals surface area contributed by atoms with Gasteiger partial charge in [0, 0.05) is 5.69 Å². The summed E-state index contributed by atoms with van der Waals surface area (Å²) in [6, 6.07) is 15.0. The van der Waals surface area contributed by atoms with E-state index in [9.17, 15) is 21.6 Å². The maximum Gasteiger partial charge on any atom is 0.335 e. The van der Waals surface area contributed by atoms with Crippen molar-refractivity contribution < 1.29 is 31.5 Å². The Kier molecular flexibility index (Phi) is 6.42. The molecule has 0 bridgehead atoms. The van der Waals surface area contributed by atoms with E-state index in [1.54, 1.807) is 19.1 Å². The van der Waals surface area contributed by atoms with Gasteiger partial charge in [-0.25, -0.2) is 21.6 Å². The molecule has 3 aromatic rings. The van der Waals surface area contributed by atoms with Crippen molar-refractivity contribution in [1.82, 2.24) is 0 Å². The van der Waals surface area contributed by atoms with Gasteiger partial charge in [-0.05, 0) is 73.2 Å². The Morgan fingerprint density at radius 3 is 1.94 bits per heavy atom. The van der Waals surface area contributed by atoms with Crippen LogP contribution in [0.2, 0.25) is 0 Å². The summed E-state index contributed by atoms with van der Waals surface area (Å²) >= 11 is 0. The van der Waals surface area contributed by atoms with Crippen molar-refractivity contribution in [2.75, 3.05) is 16.6 Å². The summed E-state index contributed by atoms with van der Waals surface area (Å²) in [5, 5.41) is 8.95. The molecule has 0 radical (unpaired) electrons. The van der Waals surface area contributed by atoms with Gasteiger partial charge in [-0.3, -0.25) is 9.44 Å². The third-order valence-corrected chi connectivity index (χ3v) is 7.28. The molecule has 32 heavy (non-hydrogen) atoms. The second-order valence-corrected chi connectivity index (χ2v) is 10.1. The number of rotatable bonds is 8. The number of aryl methyl sites for hydroxylation is 1. The highest BCUT2D eigenvalue weighted by atomic mass is 32.2. The highest BCUT2D eigenvalue weighted by Crippen LogP contribution is 2.25. The number of ether oxygens (including phenoxy) is 1. The molecular weight excluding hydrogens is 456 g/mol. The average molecular weight is 477 g/mol. The molecule has 0 amide bonds. The number of anilines is 2. The molecule has 3 N–H and O–H groups in total. The number of nitrogens with one attached hydrogen (secondary N) is 2. The van der Waals surface area contributed by atoms with Crippen LogP contribution >= 0.6 is 0 Å². The van der Waals surface area contributed by atoms with Crippen molar-refractivity contribution in [3.63, 3.8) is 0 Å². The predicted molar refractivity (Wildman–Crippen MR) is 119 cm³/mol. The third kappa shape index (κ3) is 5.18. The predicted octanol–water partition coefficient (Wildman–Crippen LogP) is 3.30. The standard InChI is InChI=1S/C21H20N2O7S2/c1-14-3-10-19(32(28,29)22-16-6-8-17(30-2)9-7-16)13-20(14)23-31(26,27)18-11-4-15(5-12-18)21(24)25/h3-13,22-23H,1-2H3,(H,24,25). The second-order valence-electron chi connectivity index (χ2n) is 6.75. The maximum absolute atomic E-state index is 12.8. The van der Waals surface area contributed by atoms with Gasteiger partial charge in [0.2, 0.25) is 0 Å². The topological polar surface area (TPSA) is 139 Å². The number of benzene rings is 3. The van der Waals surface area contributed by atoms with Crippen LogP contribution in [0, 0.1) is 6.92 Å². The molecule has 0 atom stereocenters. The molecular formula is C21H20N2O7S2. The molecule has 0 saturated carbocycles. The van der Waals surface area contributed by atoms with Gasteiger partial charge in [0.25, 0.3) is 20.0 Å². The van der Waals surface area contributed by atoms with E-state index in [4.69, 9.17) is 9.84 Å². The molecule has 168 valence electrons. The third-order valence-electron chi connectivity index (χ3n) is 4.52.